The van der Waals surface area contributed by atoms with E-state index in [9.17, 15) is 13.6 Å². The van der Waals surface area contributed by atoms with E-state index in [1.54, 1.807) is 17.0 Å². The van der Waals surface area contributed by atoms with E-state index in [0.717, 1.165) is 24.0 Å². The molecule has 0 atom stereocenters. The molecule has 1 aliphatic rings. The highest BCUT2D eigenvalue weighted by Crippen LogP contribution is 2.30. The zero-order chi connectivity index (χ0) is 23.4. The summed E-state index contributed by atoms with van der Waals surface area (Å²) in [5.74, 6) is 0.810. The molecule has 8 nitrogen and oxygen atoms in total. The molecule has 1 aliphatic heterocycles. The number of amides is 1. The maximum atomic E-state index is 12.7. The van der Waals surface area contributed by atoms with Gasteiger partial charge in [0.2, 0.25) is 11.7 Å². The number of carbonyl (C=O) groups excluding carboxylic acids is 1. The van der Waals surface area contributed by atoms with Crippen LogP contribution in [0.25, 0.3) is 22.8 Å². The molecule has 4 rings (SSSR count). The SMILES string of the molecule is NCC(=O)N1CCc2ccc(-c3noc(-c4ccc(OC(CF)CF)c(N)c4)n3)cc2CC1. The van der Waals surface area contributed by atoms with Gasteiger partial charge in [0.15, 0.2) is 6.10 Å². The molecule has 0 radical (unpaired) electrons. The fourth-order valence-corrected chi connectivity index (χ4v) is 3.77. The van der Waals surface area contributed by atoms with Crippen LogP contribution in [0.4, 0.5) is 14.5 Å². The van der Waals surface area contributed by atoms with Crippen LogP contribution in [0, 0.1) is 0 Å². The number of aromatic nitrogens is 2. The average Bonchev–Trinajstić information content (AvgIpc) is 3.24. The lowest BCUT2D eigenvalue weighted by molar-refractivity contribution is -0.129. The fourth-order valence-electron chi connectivity index (χ4n) is 3.77. The molecule has 10 heteroatoms. The molecule has 174 valence electrons. The highest BCUT2D eigenvalue weighted by molar-refractivity contribution is 5.78. The summed E-state index contributed by atoms with van der Waals surface area (Å²) in [5.41, 5.74) is 15.3. The quantitative estimate of drug-likeness (QED) is 0.523. The average molecular weight is 457 g/mol. The number of halogens is 2. The Labute approximate surface area is 189 Å². The van der Waals surface area contributed by atoms with Crippen LogP contribution in [0.5, 0.6) is 5.75 Å². The van der Waals surface area contributed by atoms with Crippen molar-refractivity contribution in [3.05, 3.63) is 47.5 Å². The maximum absolute atomic E-state index is 12.7. The van der Waals surface area contributed by atoms with Gasteiger partial charge in [-0.15, -0.1) is 0 Å². The molecule has 2 heterocycles. The molecule has 4 N–H and O–H groups in total. The molecule has 0 saturated heterocycles. The van der Waals surface area contributed by atoms with Gasteiger partial charge in [0, 0.05) is 24.2 Å². The zero-order valence-electron chi connectivity index (χ0n) is 18.0. The predicted octanol–water partition coefficient (Wildman–Crippen LogP) is 2.56. The Bertz CT molecular complexity index is 1130. The van der Waals surface area contributed by atoms with Crippen LogP contribution in [-0.2, 0) is 17.6 Å². The number of benzene rings is 2. The summed E-state index contributed by atoms with van der Waals surface area (Å²) < 4.78 is 36.1. The lowest BCUT2D eigenvalue weighted by atomic mass is 10.00. The van der Waals surface area contributed by atoms with Gasteiger partial charge < -0.3 is 25.6 Å². The van der Waals surface area contributed by atoms with Crippen molar-refractivity contribution in [2.45, 2.75) is 18.9 Å². The number of nitrogen functional groups attached to an aromatic ring is 1. The molecule has 33 heavy (non-hydrogen) atoms. The Morgan fingerprint density at radius 1 is 1.09 bits per heavy atom. The van der Waals surface area contributed by atoms with Crippen molar-refractivity contribution >= 4 is 11.6 Å². The van der Waals surface area contributed by atoms with Crippen molar-refractivity contribution in [2.75, 3.05) is 38.7 Å². The van der Waals surface area contributed by atoms with Gasteiger partial charge in [0.05, 0.1) is 12.2 Å². The van der Waals surface area contributed by atoms with Gasteiger partial charge in [-0.05, 0) is 48.2 Å². The number of nitrogens with zero attached hydrogens (tertiary/aromatic N) is 3. The first-order chi connectivity index (χ1) is 16.0. The summed E-state index contributed by atoms with van der Waals surface area (Å²) in [6, 6.07) is 10.7. The minimum atomic E-state index is -1.19. The number of hydrogen-bond acceptors (Lipinski definition) is 7. The van der Waals surface area contributed by atoms with E-state index >= 15 is 0 Å². The highest BCUT2D eigenvalue weighted by atomic mass is 19.1. The minimum Gasteiger partial charge on any atom is -0.483 e. The van der Waals surface area contributed by atoms with Crippen LogP contribution >= 0.6 is 0 Å². The van der Waals surface area contributed by atoms with Crippen molar-refractivity contribution in [2.24, 2.45) is 5.73 Å². The van der Waals surface area contributed by atoms with Crippen molar-refractivity contribution in [1.82, 2.24) is 15.0 Å². The van der Waals surface area contributed by atoms with E-state index in [1.165, 1.54) is 11.6 Å². The maximum Gasteiger partial charge on any atom is 0.258 e. The third-order valence-electron chi connectivity index (χ3n) is 5.61. The van der Waals surface area contributed by atoms with E-state index in [-0.39, 0.29) is 29.8 Å². The van der Waals surface area contributed by atoms with E-state index in [1.807, 2.05) is 18.2 Å². The Balaban J connectivity index is 1.52. The topological polar surface area (TPSA) is 121 Å². The largest absolute Gasteiger partial charge is 0.483 e. The predicted molar refractivity (Wildman–Crippen MR) is 119 cm³/mol. The van der Waals surface area contributed by atoms with Crippen LogP contribution in [-0.4, -0.2) is 60.0 Å². The smallest absolute Gasteiger partial charge is 0.258 e. The van der Waals surface area contributed by atoms with Crippen molar-refractivity contribution < 1.29 is 22.8 Å². The highest BCUT2D eigenvalue weighted by Gasteiger charge is 2.19. The molecule has 0 fully saturated rings. The number of hydrogen-bond donors (Lipinski definition) is 2. The Morgan fingerprint density at radius 3 is 2.52 bits per heavy atom. The first-order valence-electron chi connectivity index (χ1n) is 10.6. The first kappa shape index (κ1) is 22.7. The molecular weight excluding hydrogens is 432 g/mol. The molecule has 1 amide bonds. The summed E-state index contributed by atoms with van der Waals surface area (Å²) in [6.45, 7) is -0.632. The summed E-state index contributed by atoms with van der Waals surface area (Å²) in [4.78, 5) is 18.2. The molecule has 1 aromatic heterocycles. The molecule has 0 aliphatic carbocycles. The van der Waals surface area contributed by atoms with Crippen molar-refractivity contribution in [1.29, 1.82) is 0 Å². The summed E-state index contributed by atoms with van der Waals surface area (Å²) in [5, 5.41) is 4.08. The molecular formula is C23H25F2N5O3. The molecule has 3 aromatic rings. The number of nitrogens with two attached hydrogens (primary N) is 2. The van der Waals surface area contributed by atoms with Gasteiger partial charge in [-0.1, -0.05) is 17.3 Å². The van der Waals surface area contributed by atoms with Crippen LogP contribution in [0.2, 0.25) is 0 Å². The lowest BCUT2D eigenvalue weighted by Crippen LogP contribution is -2.37. The number of fused-ring (bicyclic) bond motifs is 1. The molecule has 0 saturated carbocycles. The van der Waals surface area contributed by atoms with Gasteiger partial charge in [-0.3, -0.25) is 4.79 Å². The van der Waals surface area contributed by atoms with E-state index in [2.05, 4.69) is 10.1 Å². The molecule has 2 aromatic carbocycles. The third kappa shape index (κ3) is 4.95. The molecule has 0 bridgehead atoms. The van der Waals surface area contributed by atoms with E-state index in [4.69, 9.17) is 20.7 Å². The van der Waals surface area contributed by atoms with Crippen LogP contribution < -0.4 is 16.2 Å². The minimum absolute atomic E-state index is 0.0110. The Kier molecular flexibility index (Phi) is 6.83. The summed E-state index contributed by atoms with van der Waals surface area (Å²) in [6.07, 6.45) is 0.288. The second kappa shape index (κ2) is 9.95. The monoisotopic (exact) mass is 457 g/mol. The second-order valence-corrected chi connectivity index (χ2v) is 7.79. The third-order valence-corrected chi connectivity index (χ3v) is 5.61. The van der Waals surface area contributed by atoms with Gasteiger partial charge in [0.1, 0.15) is 19.1 Å². The molecule has 0 unspecified atom stereocenters. The van der Waals surface area contributed by atoms with Crippen LogP contribution in [0.1, 0.15) is 11.1 Å². The van der Waals surface area contributed by atoms with Gasteiger partial charge >= 0.3 is 0 Å². The van der Waals surface area contributed by atoms with E-state index < -0.39 is 19.5 Å². The number of ether oxygens (including phenoxy) is 1. The normalized spacial score (nSPS) is 13.6. The van der Waals surface area contributed by atoms with Gasteiger partial charge in [-0.25, -0.2) is 8.78 Å². The Hall–Kier alpha value is -3.53. The Morgan fingerprint density at radius 2 is 1.82 bits per heavy atom. The summed E-state index contributed by atoms with van der Waals surface area (Å²) in [7, 11) is 0. The second-order valence-electron chi connectivity index (χ2n) is 7.79. The van der Waals surface area contributed by atoms with Crippen LogP contribution in [0.15, 0.2) is 40.9 Å². The number of rotatable bonds is 7. The molecule has 0 spiro atoms. The first-order valence-corrected chi connectivity index (χ1v) is 10.6. The van der Waals surface area contributed by atoms with Gasteiger partial charge in [0.25, 0.3) is 5.89 Å². The van der Waals surface area contributed by atoms with Crippen molar-refractivity contribution in [3.8, 4) is 28.6 Å². The van der Waals surface area contributed by atoms with Crippen LogP contribution in [0.3, 0.4) is 0 Å². The van der Waals surface area contributed by atoms with E-state index in [0.29, 0.717) is 24.5 Å². The standard InChI is InChI=1S/C23H25F2N5O3/c24-11-18(12-25)32-20-4-3-17(10-19(20)27)23-28-22(29-33-23)16-2-1-14-5-7-30(21(31)13-26)8-6-15(14)9-16/h1-4,9-10,18H,5-8,11-13,26-27H2. The lowest BCUT2D eigenvalue weighted by Gasteiger charge is -2.18. The van der Waals surface area contributed by atoms with Gasteiger partial charge in [-0.2, -0.15) is 4.98 Å². The number of alkyl halides is 2. The number of anilines is 1. The number of carbonyl (C=O) groups is 1. The van der Waals surface area contributed by atoms with Crippen molar-refractivity contribution in [3.63, 3.8) is 0 Å². The summed E-state index contributed by atoms with van der Waals surface area (Å²) >= 11 is 0. The fraction of sp³-hybridized carbons (Fsp3) is 0.348. The zero-order valence-corrected chi connectivity index (χ0v) is 18.0.